The van der Waals surface area contributed by atoms with Gasteiger partial charge in [0, 0.05) is 0 Å². The quantitative estimate of drug-likeness (QED) is 0.809. The summed E-state index contributed by atoms with van der Waals surface area (Å²) >= 11 is 8.81. The molecule has 0 radical (unpaired) electrons. The molecule has 0 spiro atoms. The van der Waals surface area contributed by atoms with Crippen LogP contribution in [0.5, 0.6) is 0 Å². The summed E-state index contributed by atoms with van der Waals surface area (Å²) in [5.41, 5.74) is 1.81. The topological polar surface area (TPSA) is 17.1 Å². The number of carbonyl (C=O) groups excluding carboxylic acids is 1. The first-order valence-electron chi connectivity index (χ1n) is 5.70. The van der Waals surface area contributed by atoms with E-state index in [0.29, 0.717) is 0 Å². The smallest absolute Gasteiger partial charge is 0.167 e. The summed E-state index contributed by atoms with van der Waals surface area (Å²) in [6.45, 7) is 0. The normalized spacial score (nSPS) is 13.9. The second-order valence-electron chi connectivity index (χ2n) is 4.03. The van der Waals surface area contributed by atoms with Gasteiger partial charge in [-0.1, -0.05) is 60.7 Å². The Morgan fingerprint density at radius 2 is 1.06 bits per heavy atom. The summed E-state index contributed by atoms with van der Waals surface area (Å²) in [5, 5.41) is -0.872. The Labute approximate surface area is 118 Å². The Morgan fingerprint density at radius 1 is 0.722 bits per heavy atom. The van der Waals surface area contributed by atoms with Crippen molar-refractivity contribution < 1.29 is 4.79 Å². The highest BCUT2D eigenvalue weighted by Gasteiger charge is 2.23. The van der Waals surface area contributed by atoms with E-state index in [1.54, 1.807) is 0 Å². The van der Waals surface area contributed by atoms with Crippen LogP contribution in [0.4, 0.5) is 0 Å². The fourth-order valence-electron chi connectivity index (χ4n) is 1.75. The lowest BCUT2D eigenvalue weighted by Crippen LogP contribution is -2.13. The van der Waals surface area contributed by atoms with Crippen molar-refractivity contribution in [2.24, 2.45) is 0 Å². The van der Waals surface area contributed by atoms with Crippen molar-refractivity contribution in [3.63, 3.8) is 0 Å². The van der Waals surface area contributed by atoms with E-state index < -0.39 is 10.5 Å². The van der Waals surface area contributed by atoms with Gasteiger partial charge in [0.05, 0.1) is 10.5 Å². The first-order chi connectivity index (χ1) is 8.70. The number of hydrogen-bond donors (Lipinski definition) is 2. The average molecular weight is 274 g/mol. The van der Waals surface area contributed by atoms with E-state index in [1.165, 1.54) is 0 Å². The second-order valence-corrected chi connectivity index (χ2v) is 5.06. The van der Waals surface area contributed by atoms with Gasteiger partial charge in [-0.2, -0.15) is 25.3 Å². The van der Waals surface area contributed by atoms with Crippen molar-refractivity contribution in [1.82, 2.24) is 0 Å². The third kappa shape index (κ3) is 2.98. The van der Waals surface area contributed by atoms with Gasteiger partial charge >= 0.3 is 0 Å². The molecule has 0 saturated heterocycles. The molecule has 0 saturated carbocycles. The zero-order valence-corrected chi connectivity index (χ0v) is 11.5. The molecule has 2 rings (SSSR count). The molecule has 92 valence electrons. The molecule has 2 atom stereocenters. The molecule has 2 unspecified atom stereocenters. The van der Waals surface area contributed by atoms with Crippen LogP contribution in [-0.2, 0) is 4.79 Å². The maximum atomic E-state index is 12.3. The highest BCUT2D eigenvalue weighted by Crippen LogP contribution is 2.31. The highest BCUT2D eigenvalue weighted by atomic mass is 32.1. The lowest BCUT2D eigenvalue weighted by atomic mass is 10.0. The molecule has 0 aliphatic heterocycles. The standard InChI is InChI=1S/C15H14OS2/c16-13(14(17)11-7-3-1-4-8-11)15(18)12-9-5-2-6-10-12/h1-10,14-15,17-18H. The molecular weight excluding hydrogens is 260 g/mol. The van der Waals surface area contributed by atoms with Crippen LogP contribution in [0.25, 0.3) is 0 Å². The molecule has 3 heteroatoms. The predicted octanol–water partition coefficient (Wildman–Crippen LogP) is 3.90. The van der Waals surface area contributed by atoms with Crippen molar-refractivity contribution in [3.8, 4) is 0 Å². The van der Waals surface area contributed by atoms with Crippen LogP contribution in [0.15, 0.2) is 60.7 Å². The maximum Gasteiger partial charge on any atom is 0.167 e. The molecule has 0 fully saturated rings. The van der Waals surface area contributed by atoms with Gasteiger partial charge in [0.1, 0.15) is 0 Å². The number of ketones is 1. The van der Waals surface area contributed by atoms with Crippen molar-refractivity contribution in [1.29, 1.82) is 0 Å². The summed E-state index contributed by atoms with van der Waals surface area (Å²) in [7, 11) is 0. The maximum absolute atomic E-state index is 12.3. The third-order valence-corrected chi connectivity index (χ3v) is 3.87. The number of rotatable bonds is 4. The fraction of sp³-hybridized carbons (Fsp3) is 0.133. The Balaban J connectivity index is 2.17. The lowest BCUT2D eigenvalue weighted by Gasteiger charge is -2.15. The summed E-state index contributed by atoms with van der Waals surface area (Å²) in [6, 6.07) is 19.1. The van der Waals surface area contributed by atoms with Gasteiger partial charge in [0.25, 0.3) is 0 Å². The third-order valence-electron chi connectivity index (χ3n) is 2.77. The van der Waals surface area contributed by atoms with E-state index in [-0.39, 0.29) is 5.78 Å². The minimum Gasteiger partial charge on any atom is -0.296 e. The monoisotopic (exact) mass is 274 g/mol. The van der Waals surface area contributed by atoms with Crippen LogP contribution in [0.2, 0.25) is 0 Å². The Kier molecular flexibility index (Phi) is 4.50. The molecule has 2 aromatic rings. The van der Waals surface area contributed by atoms with Gasteiger partial charge in [-0.25, -0.2) is 0 Å². The number of thiol groups is 2. The van der Waals surface area contributed by atoms with Crippen LogP contribution in [-0.4, -0.2) is 5.78 Å². The number of carbonyl (C=O) groups is 1. The molecule has 0 aliphatic carbocycles. The van der Waals surface area contributed by atoms with Crippen LogP contribution < -0.4 is 0 Å². The summed E-state index contributed by atoms with van der Waals surface area (Å²) in [4.78, 5) is 12.3. The first-order valence-corrected chi connectivity index (χ1v) is 6.73. The number of Topliss-reactive ketones (excluding diaryl/α,β-unsaturated/α-hetero) is 1. The highest BCUT2D eigenvalue weighted by molar-refractivity contribution is 7.83. The molecule has 0 aromatic heterocycles. The average Bonchev–Trinajstić information content (AvgIpc) is 2.47. The minimum atomic E-state index is -0.436. The van der Waals surface area contributed by atoms with Gasteiger partial charge in [-0.15, -0.1) is 0 Å². The van der Waals surface area contributed by atoms with Gasteiger partial charge in [-0.3, -0.25) is 4.79 Å². The molecule has 0 amide bonds. The van der Waals surface area contributed by atoms with Crippen molar-refractivity contribution in [2.45, 2.75) is 10.5 Å². The van der Waals surface area contributed by atoms with E-state index in [0.717, 1.165) is 11.1 Å². The van der Waals surface area contributed by atoms with Crippen molar-refractivity contribution in [3.05, 3.63) is 71.8 Å². The van der Waals surface area contributed by atoms with E-state index in [1.807, 2.05) is 60.7 Å². The zero-order valence-electron chi connectivity index (χ0n) is 9.73. The number of benzene rings is 2. The molecule has 0 heterocycles. The Morgan fingerprint density at radius 3 is 1.39 bits per heavy atom. The largest absolute Gasteiger partial charge is 0.296 e. The molecule has 0 N–H and O–H groups in total. The molecule has 1 nitrogen and oxygen atoms in total. The molecule has 0 bridgehead atoms. The van der Waals surface area contributed by atoms with Crippen LogP contribution >= 0.6 is 25.3 Å². The second kappa shape index (κ2) is 6.12. The molecular formula is C15H14OS2. The van der Waals surface area contributed by atoms with Crippen molar-refractivity contribution in [2.75, 3.05) is 0 Å². The SMILES string of the molecule is O=C(C(S)c1ccccc1)C(S)c1ccccc1. The summed E-state index contributed by atoms with van der Waals surface area (Å²) < 4.78 is 0. The summed E-state index contributed by atoms with van der Waals surface area (Å²) in [5.74, 6) is -0.000864. The number of hydrogen-bond acceptors (Lipinski definition) is 3. The van der Waals surface area contributed by atoms with Crippen molar-refractivity contribution >= 4 is 31.0 Å². The lowest BCUT2D eigenvalue weighted by molar-refractivity contribution is -0.118. The fourth-order valence-corrected chi connectivity index (χ4v) is 2.51. The Bertz CT molecular complexity index is 463. The van der Waals surface area contributed by atoms with E-state index >= 15 is 0 Å². The van der Waals surface area contributed by atoms with Crippen LogP contribution in [0.3, 0.4) is 0 Å². The van der Waals surface area contributed by atoms with Crippen LogP contribution in [0.1, 0.15) is 21.6 Å². The molecule has 0 aliphatic rings. The zero-order chi connectivity index (χ0) is 13.0. The minimum absolute atomic E-state index is 0.000864. The van der Waals surface area contributed by atoms with E-state index in [9.17, 15) is 4.79 Å². The van der Waals surface area contributed by atoms with Gasteiger partial charge < -0.3 is 0 Å². The summed E-state index contributed by atoms with van der Waals surface area (Å²) in [6.07, 6.45) is 0. The Hall–Kier alpha value is -1.19. The predicted molar refractivity (Wildman–Crippen MR) is 81.3 cm³/mol. The van der Waals surface area contributed by atoms with Gasteiger partial charge in [0.2, 0.25) is 0 Å². The van der Waals surface area contributed by atoms with Crippen LogP contribution in [0, 0.1) is 0 Å². The molecule has 2 aromatic carbocycles. The van der Waals surface area contributed by atoms with Gasteiger partial charge in [0.15, 0.2) is 5.78 Å². The first kappa shape index (κ1) is 13.2. The molecule has 18 heavy (non-hydrogen) atoms. The van der Waals surface area contributed by atoms with E-state index in [4.69, 9.17) is 0 Å². The van der Waals surface area contributed by atoms with Gasteiger partial charge in [-0.05, 0) is 11.1 Å². The van der Waals surface area contributed by atoms with E-state index in [2.05, 4.69) is 25.3 Å².